The maximum absolute atomic E-state index is 10.6. The van der Waals surface area contributed by atoms with Crippen molar-refractivity contribution in [3.05, 3.63) is 52.6 Å². The Morgan fingerprint density at radius 2 is 1.81 bits per heavy atom. The molecule has 0 radical (unpaired) electrons. The lowest BCUT2D eigenvalue weighted by atomic mass is 10.1. The van der Waals surface area contributed by atoms with Crippen LogP contribution in [0.4, 0.5) is 5.82 Å². The average Bonchev–Trinajstić information content (AvgIpc) is 2.30. The summed E-state index contributed by atoms with van der Waals surface area (Å²) in [7, 11) is 0. The molecule has 5 nitrogen and oxygen atoms in total. The molecule has 16 heavy (non-hydrogen) atoms. The zero-order valence-electron chi connectivity index (χ0n) is 8.20. The highest BCUT2D eigenvalue weighted by atomic mass is 16.6. The maximum atomic E-state index is 10.6. The molecule has 0 aliphatic rings. The lowest BCUT2D eigenvalue weighted by molar-refractivity contribution is -0.390. The lowest BCUT2D eigenvalue weighted by Crippen LogP contribution is -1.94. The van der Waals surface area contributed by atoms with Crippen molar-refractivity contribution in [2.24, 2.45) is 0 Å². The van der Waals surface area contributed by atoms with Crippen LogP contribution < -0.4 is 0 Å². The highest BCUT2D eigenvalue weighted by molar-refractivity contribution is 5.61. The Morgan fingerprint density at radius 1 is 1.12 bits per heavy atom. The van der Waals surface area contributed by atoms with Gasteiger partial charge < -0.3 is 15.2 Å². The van der Waals surface area contributed by atoms with E-state index in [9.17, 15) is 15.2 Å². The Bertz CT molecular complexity index is 526. The molecule has 0 bridgehead atoms. The largest absolute Gasteiger partial charge is 0.501 e. The summed E-state index contributed by atoms with van der Waals surface area (Å²) in [5.41, 5.74) is 1.23. The van der Waals surface area contributed by atoms with Crippen LogP contribution in [-0.2, 0) is 0 Å². The van der Waals surface area contributed by atoms with Gasteiger partial charge in [0.25, 0.3) is 0 Å². The molecule has 80 valence electrons. The van der Waals surface area contributed by atoms with Crippen molar-refractivity contribution in [1.82, 2.24) is 4.98 Å². The van der Waals surface area contributed by atoms with Crippen molar-refractivity contribution < 1.29 is 10.0 Å². The standard InChI is InChI=1S/C11H8N2O3/c14-10-7-6-9(12-11(10)13(15)16)8-4-2-1-3-5-8/h1-7,14H. The predicted octanol–water partition coefficient (Wildman–Crippen LogP) is 2.36. The second-order valence-corrected chi connectivity index (χ2v) is 3.16. The van der Waals surface area contributed by atoms with Crippen LogP contribution in [0.2, 0.25) is 0 Å². The van der Waals surface area contributed by atoms with E-state index in [1.54, 1.807) is 12.1 Å². The molecule has 1 N–H and O–H groups in total. The molecule has 1 aromatic heterocycles. The Labute approximate surface area is 91.2 Å². The van der Waals surface area contributed by atoms with E-state index in [1.807, 2.05) is 18.2 Å². The van der Waals surface area contributed by atoms with E-state index in [0.29, 0.717) is 5.69 Å². The molecular weight excluding hydrogens is 208 g/mol. The van der Waals surface area contributed by atoms with Crippen molar-refractivity contribution in [2.45, 2.75) is 0 Å². The molecule has 5 heteroatoms. The zero-order chi connectivity index (χ0) is 11.5. The van der Waals surface area contributed by atoms with Gasteiger partial charge in [-0.1, -0.05) is 30.3 Å². The van der Waals surface area contributed by atoms with Crippen molar-refractivity contribution >= 4 is 5.82 Å². The summed E-state index contributed by atoms with van der Waals surface area (Å²) in [6.45, 7) is 0. The Hall–Kier alpha value is -2.43. The van der Waals surface area contributed by atoms with Crippen LogP contribution in [0.15, 0.2) is 42.5 Å². The fourth-order valence-corrected chi connectivity index (χ4v) is 1.35. The Morgan fingerprint density at radius 3 is 2.44 bits per heavy atom. The molecule has 0 aliphatic heterocycles. The van der Waals surface area contributed by atoms with Crippen molar-refractivity contribution in [1.29, 1.82) is 0 Å². The molecule has 0 atom stereocenters. The molecule has 0 saturated carbocycles. The van der Waals surface area contributed by atoms with E-state index in [2.05, 4.69) is 4.98 Å². The number of aromatic hydroxyl groups is 1. The SMILES string of the molecule is O=[N+]([O-])c1nc(-c2ccccc2)ccc1O. The number of benzene rings is 1. The van der Waals surface area contributed by atoms with E-state index in [0.717, 1.165) is 5.56 Å². The monoisotopic (exact) mass is 216 g/mol. The minimum atomic E-state index is -0.707. The average molecular weight is 216 g/mol. The molecule has 2 aromatic rings. The van der Waals surface area contributed by atoms with E-state index in [-0.39, 0.29) is 0 Å². The number of hydrogen-bond acceptors (Lipinski definition) is 4. The second-order valence-electron chi connectivity index (χ2n) is 3.16. The first-order valence-electron chi connectivity index (χ1n) is 4.58. The third-order valence-corrected chi connectivity index (χ3v) is 2.10. The normalized spacial score (nSPS) is 10.0. The van der Waals surface area contributed by atoms with E-state index < -0.39 is 16.5 Å². The number of aromatic nitrogens is 1. The van der Waals surface area contributed by atoms with Gasteiger partial charge in [-0.3, -0.25) is 0 Å². The number of nitro groups is 1. The van der Waals surface area contributed by atoms with Crippen LogP contribution >= 0.6 is 0 Å². The van der Waals surface area contributed by atoms with E-state index in [4.69, 9.17) is 0 Å². The summed E-state index contributed by atoms with van der Waals surface area (Å²) in [4.78, 5) is 13.7. The first-order valence-corrected chi connectivity index (χ1v) is 4.58. The maximum Gasteiger partial charge on any atom is 0.406 e. The molecule has 0 saturated heterocycles. The number of nitrogens with zero attached hydrogens (tertiary/aromatic N) is 2. The van der Waals surface area contributed by atoms with E-state index in [1.165, 1.54) is 12.1 Å². The minimum absolute atomic E-state index is 0.426. The molecule has 2 rings (SSSR count). The van der Waals surface area contributed by atoms with Crippen LogP contribution in [0.3, 0.4) is 0 Å². The first kappa shape index (κ1) is 10.1. The fraction of sp³-hybridized carbons (Fsp3) is 0. The highest BCUT2D eigenvalue weighted by Gasteiger charge is 2.17. The molecule has 1 heterocycles. The highest BCUT2D eigenvalue weighted by Crippen LogP contribution is 2.26. The topological polar surface area (TPSA) is 76.3 Å². The van der Waals surface area contributed by atoms with Crippen LogP contribution in [0.25, 0.3) is 11.3 Å². The quantitative estimate of drug-likeness (QED) is 0.617. The van der Waals surface area contributed by atoms with E-state index >= 15 is 0 Å². The van der Waals surface area contributed by atoms with Crippen LogP contribution in [0, 0.1) is 10.1 Å². The summed E-state index contributed by atoms with van der Waals surface area (Å²) < 4.78 is 0. The molecule has 0 fully saturated rings. The molecule has 0 amide bonds. The summed E-state index contributed by atoms with van der Waals surface area (Å²) in [5.74, 6) is -0.953. The Balaban J connectivity index is 2.52. The van der Waals surface area contributed by atoms with Gasteiger partial charge in [0.1, 0.15) is 0 Å². The number of pyridine rings is 1. The van der Waals surface area contributed by atoms with Crippen LogP contribution in [-0.4, -0.2) is 15.0 Å². The number of hydrogen-bond donors (Lipinski definition) is 1. The van der Waals surface area contributed by atoms with Crippen molar-refractivity contribution in [3.8, 4) is 17.0 Å². The van der Waals surface area contributed by atoms with Gasteiger partial charge in [-0.05, 0) is 22.0 Å². The van der Waals surface area contributed by atoms with Crippen LogP contribution in [0.1, 0.15) is 0 Å². The summed E-state index contributed by atoms with van der Waals surface area (Å²) in [6, 6.07) is 11.9. The van der Waals surface area contributed by atoms with Gasteiger partial charge in [0.2, 0.25) is 5.75 Å². The van der Waals surface area contributed by atoms with Gasteiger partial charge in [0.05, 0.1) is 0 Å². The summed E-state index contributed by atoms with van der Waals surface area (Å²) >= 11 is 0. The Kier molecular flexibility index (Phi) is 2.51. The molecule has 0 aliphatic carbocycles. The van der Waals surface area contributed by atoms with Crippen molar-refractivity contribution in [3.63, 3.8) is 0 Å². The zero-order valence-corrected chi connectivity index (χ0v) is 8.20. The van der Waals surface area contributed by atoms with Crippen LogP contribution in [0.5, 0.6) is 5.75 Å². The number of rotatable bonds is 2. The van der Waals surface area contributed by atoms with Gasteiger partial charge in [-0.15, -0.1) is 0 Å². The third-order valence-electron chi connectivity index (χ3n) is 2.10. The summed E-state index contributed by atoms with van der Waals surface area (Å²) in [5, 5.41) is 19.8. The van der Waals surface area contributed by atoms with Gasteiger partial charge in [-0.25, -0.2) is 0 Å². The predicted molar refractivity (Wildman–Crippen MR) is 58.0 cm³/mol. The lowest BCUT2D eigenvalue weighted by Gasteiger charge is -1.98. The van der Waals surface area contributed by atoms with Gasteiger partial charge in [-0.2, -0.15) is 0 Å². The van der Waals surface area contributed by atoms with Gasteiger partial charge >= 0.3 is 5.82 Å². The second kappa shape index (κ2) is 3.98. The van der Waals surface area contributed by atoms with Gasteiger partial charge in [0.15, 0.2) is 5.69 Å². The summed E-state index contributed by atoms with van der Waals surface area (Å²) in [6.07, 6.45) is 0. The third kappa shape index (κ3) is 1.83. The minimum Gasteiger partial charge on any atom is -0.501 e. The molecule has 0 unspecified atom stereocenters. The fourth-order valence-electron chi connectivity index (χ4n) is 1.35. The molecule has 1 aromatic carbocycles. The first-order chi connectivity index (χ1) is 7.68. The smallest absolute Gasteiger partial charge is 0.406 e. The molecular formula is C11H8N2O3. The van der Waals surface area contributed by atoms with Gasteiger partial charge in [0, 0.05) is 5.56 Å². The molecule has 0 spiro atoms. The van der Waals surface area contributed by atoms with Crippen molar-refractivity contribution in [2.75, 3.05) is 0 Å².